The first kappa shape index (κ1) is 16.7. The fraction of sp³-hybridized carbons (Fsp3) is 0.211. The molecule has 6 heteroatoms. The molecule has 1 aromatic heterocycles. The van der Waals surface area contributed by atoms with Gasteiger partial charge in [-0.2, -0.15) is 4.98 Å². The Morgan fingerprint density at radius 2 is 1.84 bits per heavy atom. The number of urea groups is 1. The monoisotopic (exact) mass is 336 g/mol. The number of benzene rings is 2. The van der Waals surface area contributed by atoms with Gasteiger partial charge in [0.25, 0.3) is 0 Å². The smallest absolute Gasteiger partial charge is 0.323 e. The van der Waals surface area contributed by atoms with Crippen molar-refractivity contribution in [1.82, 2.24) is 10.1 Å². The van der Waals surface area contributed by atoms with Crippen molar-refractivity contribution >= 4 is 17.4 Å². The number of nitrogens with zero attached hydrogens (tertiary/aromatic N) is 2. The first-order valence-corrected chi connectivity index (χ1v) is 8.13. The Morgan fingerprint density at radius 1 is 1.08 bits per heavy atom. The average molecular weight is 336 g/mol. The predicted molar refractivity (Wildman–Crippen MR) is 97.7 cm³/mol. The second-order valence-electron chi connectivity index (χ2n) is 5.84. The van der Waals surface area contributed by atoms with Gasteiger partial charge >= 0.3 is 6.03 Å². The standard InChI is InChI=1S/C19H20N4O2/c1-4-17-22-18(23-25-17)14-7-9-15(10-8-14)20-19(24)21-16-11-12(2)5-6-13(16)3/h5-11H,4H2,1-3H3,(H2,20,21,24). The van der Waals surface area contributed by atoms with Gasteiger partial charge < -0.3 is 15.2 Å². The molecule has 2 amide bonds. The third-order valence-corrected chi connectivity index (χ3v) is 3.81. The van der Waals surface area contributed by atoms with E-state index in [9.17, 15) is 4.79 Å². The van der Waals surface area contributed by atoms with Crippen LogP contribution in [0.2, 0.25) is 0 Å². The van der Waals surface area contributed by atoms with E-state index in [0.29, 0.717) is 23.8 Å². The molecule has 0 unspecified atom stereocenters. The fourth-order valence-electron chi connectivity index (χ4n) is 2.37. The van der Waals surface area contributed by atoms with E-state index in [1.165, 1.54) is 0 Å². The molecule has 0 saturated carbocycles. The first-order chi connectivity index (χ1) is 12.0. The molecule has 0 bridgehead atoms. The molecule has 3 aromatic rings. The van der Waals surface area contributed by atoms with Crippen LogP contribution in [0.1, 0.15) is 23.9 Å². The highest BCUT2D eigenvalue weighted by Gasteiger charge is 2.08. The van der Waals surface area contributed by atoms with Gasteiger partial charge in [-0.15, -0.1) is 0 Å². The summed E-state index contributed by atoms with van der Waals surface area (Å²) in [4.78, 5) is 16.5. The minimum absolute atomic E-state index is 0.283. The molecule has 0 spiro atoms. The number of hydrogen-bond acceptors (Lipinski definition) is 4. The van der Waals surface area contributed by atoms with Crippen LogP contribution < -0.4 is 10.6 Å². The highest BCUT2D eigenvalue weighted by molar-refractivity contribution is 6.00. The maximum absolute atomic E-state index is 12.2. The normalized spacial score (nSPS) is 10.5. The molecule has 0 aliphatic heterocycles. The zero-order valence-corrected chi connectivity index (χ0v) is 14.5. The number of rotatable bonds is 4. The zero-order chi connectivity index (χ0) is 17.8. The summed E-state index contributed by atoms with van der Waals surface area (Å²) in [5.41, 5.74) is 4.43. The highest BCUT2D eigenvalue weighted by Crippen LogP contribution is 2.20. The van der Waals surface area contributed by atoms with Crippen LogP contribution in [0, 0.1) is 13.8 Å². The Kier molecular flexibility index (Phi) is 4.79. The van der Waals surface area contributed by atoms with Gasteiger partial charge in [0.05, 0.1) is 0 Å². The molecular weight excluding hydrogens is 316 g/mol. The number of nitrogens with one attached hydrogen (secondary N) is 2. The molecule has 3 rings (SSSR count). The van der Waals surface area contributed by atoms with Gasteiger partial charge in [-0.1, -0.05) is 24.2 Å². The number of anilines is 2. The summed E-state index contributed by atoms with van der Waals surface area (Å²) in [7, 11) is 0. The molecular formula is C19H20N4O2. The molecule has 6 nitrogen and oxygen atoms in total. The van der Waals surface area contributed by atoms with E-state index in [1.54, 1.807) is 12.1 Å². The minimum atomic E-state index is -0.283. The van der Waals surface area contributed by atoms with Crippen molar-refractivity contribution in [3.63, 3.8) is 0 Å². The Bertz CT molecular complexity index is 885. The van der Waals surface area contributed by atoms with E-state index in [0.717, 1.165) is 22.4 Å². The summed E-state index contributed by atoms with van der Waals surface area (Å²) in [6.45, 7) is 5.90. The van der Waals surface area contributed by atoms with Gasteiger partial charge in [0.15, 0.2) is 0 Å². The lowest BCUT2D eigenvalue weighted by atomic mass is 10.1. The maximum Gasteiger partial charge on any atom is 0.323 e. The first-order valence-electron chi connectivity index (χ1n) is 8.13. The predicted octanol–water partition coefficient (Wildman–Crippen LogP) is 4.56. The molecule has 25 heavy (non-hydrogen) atoms. The molecule has 0 saturated heterocycles. The highest BCUT2D eigenvalue weighted by atomic mass is 16.5. The van der Waals surface area contributed by atoms with Crippen molar-refractivity contribution in [2.75, 3.05) is 10.6 Å². The Morgan fingerprint density at radius 3 is 2.52 bits per heavy atom. The largest absolute Gasteiger partial charge is 0.339 e. The second kappa shape index (κ2) is 7.17. The van der Waals surface area contributed by atoms with Crippen LogP contribution in [0.15, 0.2) is 47.0 Å². The van der Waals surface area contributed by atoms with Crippen molar-refractivity contribution in [3.8, 4) is 11.4 Å². The maximum atomic E-state index is 12.2. The van der Waals surface area contributed by atoms with E-state index in [4.69, 9.17) is 4.52 Å². The lowest BCUT2D eigenvalue weighted by Gasteiger charge is -2.11. The number of hydrogen-bond donors (Lipinski definition) is 2. The molecule has 0 aliphatic carbocycles. The topological polar surface area (TPSA) is 80.0 Å². The van der Waals surface area contributed by atoms with Crippen LogP contribution >= 0.6 is 0 Å². The van der Waals surface area contributed by atoms with Gasteiger partial charge in [0, 0.05) is 23.4 Å². The van der Waals surface area contributed by atoms with Gasteiger partial charge in [0.2, 0.25) is 11.7 Å². The van der Waals surface area contributed by atoms with Crippen LogP contribution in [0.4, 0.5) is 16.2 Å². The summed E-state index contributed by atoms with van der Waals surface area (Å²) < 4.78 is 5.11. The van der Waals surface area contributed by atoms with Crippen LogP contribution in [0.25, 0.3) is 11.4 Å². The van der Waals surface area contributed by atoms with Gasteiger partial charge in [-0.05, 0) is 55.3 Å². The van der Waals surface area contributed by atoms with Crippen LogP contribution in [-0.4, -0.2) is 16.2 Å². The number of aryl methyl sites for hydroxylation is 3. The van der Waals surface area contributed by atoms with Crippen LogP contribution in [0.5, 0.6) is 0 Å². The van der Waals surface area contributed by atoms with E-state index in [-0.39, 0.29) is 6.03 Å². The van der Waals surface area contributed by atoms with Crippen molar-refractivity contribution < 1.29 is 9.32 Å². The van der Waals surface area contributed by atoms with Crippen LogP contribution in [0.3, 0.4) is 0 Å². The van der Waals surface area contributed by atoms with Crippen molar-refractivity contribution in [2.45, 2.75) is 27.2 Å². The molecule has 0 atom stereocenters. The molecule has 2 aromatic carbocycles. The van der Waals surface area contributed by atoms with E-state index >= 15 is 0 Å². The van der Waals surface area contributed by atoms with E-state index < -0.39 is 0 Å². The fourth-order valence-corrected chi connectivity index (χ4v) is 2.37. The quantitative estimate of drug-likeness (QED) is 0.732. The summed E-state index contributed by atoms with van der Waals surface area (Å²) in [6, 6.07) is 13.0. The Labute approximate surface area is 146 Å². The van der Waals surface area contributed by atoms with Crippen molar-refractivity contribution in [3.05, 3.63) is 59.5 Å². The second-order valence-corrected chi connectivity index (χ2v) is 5.84. The zero-order valence-electron chi connectivity index (χ0n) is 14.5. The van der Waals surface area contributed by atoms with Gasteiger partial charge in [-0.25, -0.2) is 4.79 Å². The summed E-state index contributed by atoms with van der Waals surface area (Å²) in [5, 5.41) is 9.62. The molecule has 0 aliphatic rings. The Balaban J connectivity index is 1.66. The molecule has 0 fully saturated rings. The lowest BCUT2D eigenvalue weighted by Crippen LogP contribution is -2.20. The van der Waals surface area contributed by atoms with Crippen molar-refractivity contribution in [2.24, 2.45) is 0 Å². The third kappa shape index (κ3) is 4.03. The lowest BCUT2D eigenvalue weighted by molar-refractivity contribution is 0.262. The summed E-state index contributed by atoms with van der Waals surface area (Å²) in [5.74, 6) is 1.15. The van der Waals surface area contributed by atoms with E-state index in [1.807, 2.05) is 51.1 Å². The van der Waals surface area contributed by atoms with E-state index in [2.05, 4.69) is 20.8 Å². The van der Waals surface area contributed by atoms with Crippen molar-refractivity contribution in [1.29, 1.82) is 0 Å². The number of aromatic nitrogens is 2. The SMILES string of the molecule is CCc1nc(-c2ccc(NC(=O)Nc3cc(C)ccc3C)cc2)no1. The average Bonchev–Trinajstić information content (AvgIpc) is 3.08. The summed E-state index contributed by atoms with van der Waals surface area (Å²) >= 11 is 0. The number of carbonyl (C=O) groups excluding carboxylic acids is 1. The minimum Gasteiger partial charge on any atom is -0.339 e. The molecule has 128 valence electrons. The van der Waals surface area contributed by atoms with Gasteiger partial charge in [0.1, 0.15) is 0 Å². The Hall–Kier alpha value is -3.15. The van der Waals surface area contributed by atoms with Gasteiger partial charge in [-0.3, -0.25) is 0 Å². The molecule has 2 N–H and O–H groups in total. The summed E-state index contributed by atoms with van der Waals surface area (Å²) in [6.07, 6.45) is 0.700. The van der Waals surface area contributed by atoms with Crippen LogP contribution in [-0.2, 0) is 6.42 Å². The molecule has 1 heterocycles. The number of carbonyl (C=O) groups is 1. The molecule has 0 radical (unpaired) electrons. The number of amides is 2. The third-order valence-electron chi connectivity index (χ3n) is 3.81.